The lowest BCUT2D eigenvalue weighted by Gasteiger charge is -2.10. The van der Waals surface area contributed by atoms with Gasteiger partial charge in [-0.05, 0) is 61.4 Å². The molecule has 5 nitrogen and oxygen atoms in total. The minimum absolute atomic E-state index is 0.224. The van der Waals surface area contributed by atoms with Gasteiger partial charge >= 0.3 is 0 Å². The average Bonchev–Trinajstić information content (AvgIpc) is 2.74. The molecule has 4 rings (SSSR count). The van der Waals surface area contributed by atoms with E-state index in [-0.39, 0.29) is 17.2 Å². The highest BCUT2D eigenvalue weighted by Gasteiger charge is 2.15. The summed E-state index contributed by atoms with van der Waals surface area (Å²) >= 11 is 1.69. The first-order chi connectivity index (χ1) is 14.4. The Kier molecular flexibility index (Phi) is 5.42. The number of rotatable bonds is 4. The predicted octanol–water partition coefficient (Wildman–Crippen LogP) is 4.95. The van der Waals surface area contributed by atoms with Gasteiger partial charge in [-0.15, -0.1) is 0 Å². The number of fused-ring (bicyclic) bond motifs is 1. The second-order valence-electron chi connectivity index (χ2n) is 7.17. The predicted molar refractivity (Wildman–Crippen MR) is 121 cm³/mol. The summed E-state index contributed by atoms with van der Waals surface area (Å²) in [6.45, 7) is 4.18. The molecule has 0 fully saturated rings. The maximum atomic E-state index is 12.9. The van der Waals surface area contributed by atoms with Crippen molar-refractivity contribution in [2.45, 2.75) is 23.6 Å². The van der Waals surface area contributed by atoms with Crippen LogP contribution in [0.15, 0.2) is 81.3 Å². The zero-order valence-corrected chi connectivity index (χ0v) is 17.8. The molecule has 0 unspecified atom stereocenters. The molecule has 0 saturated carbocycles. The summed E-state index contributed by atoms with van der Waals surface area (Å²) in [5, 5.41) is 8.07. The summed E-state index contributed by atoms with van der Waals surface area (Å²) in [6.07, 6.45) is 0. The fourth-order valence-corrected chi connectivity index (χ4v) is 4.21. The van der Waals surface area contributed by atoms with E-state index < -0.39 is 0 Å². The topological polar surface area (TPSA) is 64.0 Å². The quantitative estimate of drug-likeness (QED) is 0.512. The highest BCUT2D eigenvalue weighted by molar-refractivity contribution is 7.99. The van der Waals surface area contributed by atoms with Crippen molar-refractivity contribution in [3.05, 3.63) is 93.9 Å². The van der Waals surface area contributed by atoms with Crippen molar-refractivity contribution in [1.82, 2.24) is 9.78 Å². The number of hydrogen-bond donors (Lipinski definition) is 1. The number of nitrogens with zero attached hydrogens (tertiary/aromatic N) is 2. The van der Waals surface area contributed by atoms with Crippen LogP contribution in [0.3, 0.4) is 0 Å². The highest BCUT2D eigenvalue weighted by Crippen LogP contribution is 2.31. The Hall–Kier alpha value is -3.38. The standard InChI is InChI=1S/C24H21N3O2S/c1-15-8-9-16(2)21(14-15)30-18-12-10-17(11-13-18)25-23(28)22-19-6-4-5-7-20(19)24(29)27(3)26-22/h4-14H,1-3H3,(H,25,28). The van der Waals surface area contributed by atoms with Crippen molar-refractivity contribution in [3.63, 3.8) is 0 Å². The van der Waals surface area contributed by atoms with Crippen LogP contribution >= 0.6 is 11.8 Å². The third kappa shape index (κ3) is 4.00. The summed E-state index contributed by atoms with van der Waals surface area (Å²) in [5.41, 5.74) is 3.13. The van der Waals surface area contributed by atoms with Crippen molar-refractivity contribution in [2.24, 2.45) is 7.05 Å². The van der Waals surface area contributed by atoms with Crippen LogP contribution in [0, 0.1) is 13.8 Å². The van der Waals surface area contributed by atoms with Gasteiger partial charge in [-0.25, -0.2) is 4.68 Å². The second kappa shape index (κ2) is 8.16. The Labute approximate surface area is 178 Å². The summed E-state index contributed by atoms with van der Waals surface area (Å²) in [5.74, 6) is -0.350. The lowest BCUT2D eigenvalue weighted by atomic mass is 10.1. The number of benzene rings is 3. The summed E-state index contributed by atoms with van der Waals surface area (Å²) in [6, 6.07) is 21.1. The van der Waals surface area contributed by atoms with E-state index in [1.165, 1.54) is 20.7 Å². The Bertz CT molecular complexity index is 1310. The molecular weight excluding hydrogens is 394 g/mol. The SMILES string of the molecule is Cc1ccc(C)c(Sc2ccc(NC(=O)c3nn(C)c(=O)c4ccccc34)cc2)c1. The van der Waals surface area contributed by atoms with Gasteiger partial charge in [-0.1, -0.05) is 42.1 Å². The Morgan fingerprint density at radius 3 is 2.40 bits per heavy atom. The summed E-state index contributed by atoms with van der Waals surface area (Å²) in [4.78, 5) is 27.4. The molecule has 30 heavy (non-hydrogen) atoms. The molecule has 0 radical (unpaired) electrons. The number of nitrogens with one attached hydrogen (secondary N) is 1. The molecule has 0 saturated heterocycles. The van der Waals surface area contributed by atoms with Gasteiger partial charge in [0.1, 0.15) is 0 Å². The normalized spacial score (nSPS) is 10.9. The first-order valence-electron chi connectivity index (χ1n) is 9.55. The monoisotopic (exact) mass is 415 g/mol. The molecule has 1 amide bonds. The molecule has 0 spiro atoms. The number of carbonyl (C=O) groups is 1. The zero-order valence-electron chi connectivity index (χ0n) is 17.0. The molecule has 6 heteroatoms. The molecule has 1 aromatic heterocycles. The van der Waals surface area contributed by atoms with Gasteiger partial charge in [0.25, 0.3) is 11.5 Å². The summed E-state index contributed by atoms with van der Waals surface area (Å²) in [7, 11) is 1.55. The molecule has 0 aliphatic carbocycles. The number of aryl methyl sites for hydroxylation is 3. The maximum absolute atomic E-state index is 12.9. The smallest absolute Gasteiger partial charge is 0.276 e. The Morgan fingerprint density at radius 1 is 0.967 bits per heavy atom. The van der Waals surface area contributed by atoms with Gasteiger partial charge in [0.05, 0.1) is 5.39 Å². The minimum atomic E-state index is -0.350. The van der Waals surface area contributed by atoms with Crippen molar-refractivity contribution in [2.75, 3.05) is 5.32 Å². The Morgan fingerprint density at radius 2 is 1.67 bits per heavy atom. The van der Waals surface area contributed by atoms with Crippen molar-refractivity contribution in [1.29, 1.82) is 0 Å². The van der Waals surface area contributed by atoms with Gasteiger partial charge in [0, 0.05) is 27.9 Å². The van der Waals surface area contributed by atoms with E-state index >= 15 is 0 Å². The van der Waals surface area contributed by atoms with Crippen LogP contribution in [0.25, 0.3) is 10.8 Å². The van der Waals surface area contributed by atoms with E-state index in [4.69, 9.17) is 0 Å². The van der Waals surface area contributed by atoms with Gasteiger partial charge in [0.2, 0.25) is 0 Å². The third-order valence-electron chi connectivity index (χ3n) is 4.86. The molecule has 0 aliphatic rings. The van der Waals surface area contributed by atoms with E-state index in [0.29, 0.717) is 16.5 Å². The van der Waals surface area contributed by atoms with Crippen LogP contribution in [0.5, 0.6) is 0 Å². The molecule has 150 valence electrons. The van der Waals surface area contributed by atoms with Gasteiger partial charge < -0.3 is 5.32 Å². The van der Waals surface area contributed by atoms with Crippen LogP contribution in [0.4, 0.5) is 5.69 Å². The van der Waals surface area contributed by atoms with Gasteiger partial charge in [0.15, 0.2) is 5.69 Å². The van der Waals surface area contributed by atoms with Crippen LogP contribution in [0.2, 0.25) is 0 Å². The fraction of sp³-hybridized carbons (Fsp3) is 0.125. The van der Waals surface area contributed by atoms with E-state index in [0.717, 1.165) is 4.90 Å². The first kappa shape index (κ1) is 19.9. The highest BCUT2D eigenvalue weighted by atomic mass is 32.2. The van der Waals surface area contributed by atoms with E-state index in [2.05, 4.69) is 42.5 Å². The molecule has 0 bridgehead atoms. The van der Waals surface area contributed by atoms with Crippen LogP contribution < -0.4 is 10.9 Å². The molecular formula is C24H21N3O2S. The van der Waals surface area contributed by atoms with Crippen LogP contribution in [-0.4, -0.2) is 15.7 Å². The average molecular weight is 416 g/mol. The van der Waals surface area contributed by atoms with E-state index in [1.54, 1.807) is 43.1 Å². The molecule has 0 aliphatic heterocycles. The van der Waals surface area contributed by atoms with Crippen molar-refractivity contribution in [3.8, 4) is 0 Å². The zero-order chi connectivity index (χ0) is 21.3. The van der Waals surface area contributed by atoms with Crippen LogP contribution in [-0.2, 0) is 7.05 Å². The molecule has 1 heterocycles. The Balaban J connectivity index is 1.56. The molecule has 3 aromatic carbocycles. The maximum Gasteiger partial charge on any atom is 0.276 e. The lowest BCUT2D eigenvalue weighted by molar-refractivity contribution is 0.102. The molecule has 4 aromatic rings. The lowest BCUT2D eigenvalue weighted by Crippen LogP contribution is -2.25. The number of aromatic nitrogens is 2. The number of hydrogen-bond acceptors (Lipinski definition) is 4. The van der Waals surface area contributed by atoms with Crippen LogP contribution in [0.1, 0.15) is 21.6 Å². The van der Waals surface area contributed by atoms with E-state index in [1.807, 2.05) is 24.3 Å². The van der Waals surface area contributed by atoms with E-state index in [9.17, 15) is 9.59 Å². The fourth-order valence-electron chi connectivity index (χ4n) is 3.21. The number of carbonyl (C=O) groups excluding carboxylic acids is 1. The number of amides is 1. The molecule has 0 atom stereocenters. The first-order valence-corrected chi connectivity index (χ1v) is 10.4. The van der Waals surface area contributed by atoms with Gasteiger partial charge in [-0.2, -0.15) is 5.10 Å². The molecule has 1 N–H and O–H groups in total. The number of anilines is 1. The van der Waals surface area contributed by atoms with Crippen molar-refractivity contribution >= 4 is 34.1 Å². The third-order valence-corrected chi connectivity index (χ3v) is 6.02. The van der Waals surface area contributed by atoms with Crippen molar-refractivity contribution < 1.29 is 4.79 Å². The second-order valence-corrected chi connectivity index (χ2v) is 8.29. The van der Waals surface area contributed by atoms with Gasteiger partial charge in [-0.3, -0.25) is 9.59 Å². The minimum Gasteiger partial charge on any atom is -0.321 e. The largest absolute Gasteiger partial charge is 0.321 e. The summed E-state index contributed by atoms with van der Waals surface area (Å²) < 4.78 is 1.20.